The van der Waals surface area contributed by atoms with Crippen molar-refractivity contribution in [1.29, 1.82) is 0 Å². The molecular weight excluding hydrogens is 140 g/mol. The van der Waals surface area contributed by atoms with Crippen molar-refractivity contribution in [3.63, 3.8) is 0 Å². The van der Waals surface area contributed by atoms with Crippen LogP contribution < -0.4 is 0 Å². The molecule has 0 amide bonds. The zero-order valence-electron chi connectivity index (χ0n) is 6.67. The molecule has 0 aromatic rings. The Hall–Kier alpha value is -0.920. The Morgan fingerprint density at radius 1 is 1.64 bits per heavy atom. The van der Waals surface area contributed by atoms with E-state index in [4.69, 9.17) is 0 Å². The standard InChI is InChI=1S/C9H12O2/c1-7(4-5-10)8-2-3-9(11)6-8/h5-7H,2-4H2,1H3/t7-/m1/s1. The zero-order valence-corrected chi connectivity index (χ0v) is 6.67. The van der Waals surface area contributed by atoms with Crippen LogP contribution in [0.1, 0.15) is 26.2 Å². The van der Waals surface area contributed by atoms with Crippen LogP contribution in [0.5, 0.6) is 0 Å². The van der Waals surface area contributed by atoms with E-state index in [2.05, 4.69) is 0 Å². The Labute approximate surface area is 66.3 Å². The fourth-order valence-corrected chi connectivity index (χ4v) is 1.30. The molecule has 0 N–H and O–H groups in total. The minimum atomic E-state index is 0.206. The summed E-state index contributed by atoms with van der Waals surface area (Å²) in [4.78, 5) is 20.9. The molecule has 0 fully saturated rings. The van der Waals surface area contributed by atoms with Crippen molar-refractivity contribution in [3.05, 3.63) is 11.6 Å². The van der Waals surface area contributed by atoms with E-state index < -0.39 is 0 Å². The van der Waals surface area contributed by atoms with Crippen molar-refractivity contribution in [1.82, 2.24) is 0 Å². The molecule has 1 atom stereocenters. The number of hydrogen-bond donors (Lipinski definition) is 0. The van der Waals surface area contributed by atoms with Gasteiger partial charge >= 0.3 is 0 Å². The number of aldehydes is 1. The van der Waals surface area contributed by atoms with Gasteiger partial charge in [-0.1, -0.05) is 12.5 Å². The average molecular weight is 152 g/mol. The second-order valence-corrected chi connectivity index (χ2v) is 2.99. The lowest BCUT2D eigenvalue weighted by atomic mass is 9.98. The maximum absolute atomic E-state index is 10.8. The fraction of sp³-hybridized carbons (Fsp3) is 0.556. The van der Waals surface area contributed by atoms with Gasteiger partial charge in [-0.2, -0.15) is 0 Å². The maximum atomic E-state index is 10.8. The van der Waals surface area contributed by atoms with Gasteiger partial charge in [-0.05, 0) is 18.4 Å². The first-order valence-corrected chi connectivity index (χ1v) is 3.91. The third-order valence-corrected chi connectivity index (χ3v) is 2.09. The van der Waals surface area contributed by atoms with Gasteiger partial charge in [-0.25, -0.2) is 0 Å². The van der Waals surface area contributed by atoms with Gasteiger partial charge in [0.2, 0.25) is 0 Å². The lowest BCUT2D eigenvalue weighted by molar-refractivity contribution is -0.114. The molecular formula is C9H12O2. The second kappa shape index (κ2) is 3.46. The molecule has 1 aliphatic rings. The molecule has 0 heterocycles. The van der Waals surface area contributed by atoms with Crippen molar-refractivity contribution in [2.75, 3.05) is 0 Å². The van der Waals surface area contributed by atoms with Crippen LogP contribution in [0, 0.1) is 5.92 Å². The molecule has 2 heteroatoms. The van der Waals surface area contributed by atoms with Gasteiger partial charge in [0.1, 0.15) is 6.29 Å². The van der Waals surface area contributed by atoms with Gasteiger partial charge in [0, 0.05) is 12.8 Å². The predicted molar refractivity (Wildman–Crippen MR) is 42.2 cm³/mol. The molecule has 0 saturated heterocycles. The molecule has 0 aromatic heterocycles. The highest BCUT2D eigenvalue weighted by molar-refractivity contribution is 5.93. The Morgan fingerprint density at radius 2 is 2.36 bits per heavy atom. The van der Waals surface area contributed by atoms with Crippen LogP contribution in [0.15, 0.2) is 11.6 Å². The summed E-state index contributed by atoms with van der Waals surface area (Å²) < 4.78 is 0. The highest BCUT2D eigenvalue weighted by atomic mass is 16.1. The predicted octanol–water partition coefficient (Wildman–Crippen LogP) is 1.50. The molecule has 11 heavy (non-hydrogen) atoms. The van der Waals surface area contributed by atoms with Crippen molar-refractivity contribution >= 4 is 12.1 Å². The van der Waals surface area contributed by atoms with E-state index in [9.17, 15) is 9.59 Å². The van der Waals surface area contributed by atoms with Crippen LogP contribution in [-0.4, -0.2) is 12.1 Å². The first-order chi connectivity index (χ1) is 5.24. The van der Waals surface area contributed by atoms with Crippen LogP contribution in [0.3, 0.4) is 0 Å². The number of carbonyl (C=O) groups excluding carboxylic acids is 2. The number of hydrogen-bond acceptors (Lipinski definition) is 2. The van der Waals surface area contributed by atoms with Gasteiger partial charge < -0.3 is 4.79 Å². The molecule has 0 saturated carbocycles. The first kappa shape index (κ1) is 8.18. The lowest BCUT2D eigenvalue weighted by Crippen LogP contribution is -1.97. The quantitative estimate of drug-likeness (QED) is 0.574. The van der Waals surface area contributed by atoms with E-state index in [1.54, 1.807) is 6.08 Å². The summed E-state index contributed by atoms with van der Waals surface area (Å²) in [5, 5.41) is 0. The van der Waals surface area contributed by atoms with Crippen molar-refractivity contribution in [2.45, 2.75) is 26.2 Å². The Bertz CT molecular complexity index is 204. The zero-order chi connectivity index (χ0) is 8.27. The van der Waals surface area contributed by atoms with Gasteiger partial charge in [-0.15, -0.1) is 0 Å². The molecule has 1 aliphatic carbocycles. The van der Waals surface area contributed by atoms with Crippen LogP contribution >= 0.6 is 0 Å². The summed E-state index contributed by atoms with van der Waals surface area (Å²) in [5.74, 6) is 0.469. The maximum Gasteiger partial charge on any atom is 0.155 e. The summed E-state index contributed by atoms with van der Waals surface area (Å²) >= 11 is 0. The molecule has 60 valence electrons. The number of rotatable bonds is 3. The molecule has 0 aromatic carbocycles. The highest BCUT2D eigenvalue weighted by Crippen LogP contribution is 2.24. The average Bonchev–Trinajstić information content (AvgIpc) is 2.36. The number of carbonyl (C=O) groups is 2. The molecule has 0 aliphatic heterocycles. The Morgan fingerprint density at radius 3 is 2.82 bits per heavy atom. The third kappa shape index (κ3) is 2.00. The van der Waals surface area contributed by atoms with E-state index in [1.807, 2.05) is 6.92 Å². The summed E-state index contributed by atoms with van der Waals surface area (Å²) in [6, 6.07) is 0. The van der Waals surface area contributed by atoms with Crippen LogP contribution in [-0.2, 0) is 9.59 Å². The molecule has 0 radical (unpaired) electrons. The largest absolute Gasteiger partial charge is 0.303 e. The summed E-state index contributed by atoms with van der Waals surface area (Å²) in [6.45, 7) is 1.98. The second-order valence-electron chi connectivity index (χ2n) is 2.99. The minimum absolute atomic E-state index is 0.206. The van der Waals surface area contributed by atoms with E-state index in [0.29, 0.717) is 12.8 Å². The topological polar surface area (TPSA) is 34.1 Å². The molecule has 0 spiro atoms. The number of allylic oxidation sites excluding steroid dienone is 2. The summed E-state index contributed by atoms with van der Waals surface area (Å²) in [7, 11) is 0. The molecule has 0 bridgehead atoms. The van der Waals surface area contributed by atoms with E-state index in [-0.39, 0.29) is 11.7 Å². The molecule has 1 rings (SSSR count). The van der Waals surface area contributed by atoms with Crippen molar-refractivity contribution < 1.29 is 9.59 Å². The van der Waals surface area contributed by atoms with E-state index in [1.165, 1.54) is 0 Å². The van der Waals surface area contributed by atoms with Gasteiger partial charge in [0.05, 0.1) is 0 Å². The smallest absolute Gasteiger partial charge is 0.155 e. The Kier molecular flexibility index (Phi) is 2.58. The van der Waals surface area contributed by atoms with Crippen LogP contribution in [0.25, 0.3) is 0 Å². The SMILES string of the molecule is C[C@H](CC=O)C1=CC(=O)CC1. The Balaban J connectivity index is 2.53. The third-order valence-electron chi connectivity index (χ3n) is 2.09. The normalized spacial score (nSPS) is 19.7. The highest BCUT2D eigenvalue weighted by Gasteiger charge is 2.16. The van der Waals surface area contributed by atoms with E-state index in [0.717, 1.165) is 18.3 Å². The monoisotopic (exact) mass is 152 g/mol. The van der Waals surface area contributed by atoms with Crippen LogP contribution in [0.4, 0.5) is 0 Å². The lowest BCUT2D eigenvalue weighted by Gasteiger charge is -2.06. The minimum Gasteiger partial charge on any atom is -0.303 e. The van der Waals surface area contributed by atoms with Gasteiger partial charge in [0.25, 0.3) is 0 Å². The van der Waals surface area contributed by atoms with Gasteiger partial charge in [0.15, 0.2) is 5.78 Å². The number of ketones is 1. The van der Waals surface area contributed by atoms with E-state index >= 15 is 0 Å². The summed E-state index contributed by atoms with van der Waals surface area (Å²) in [6.07, 6.45) is 4.63. The van der Waals surface area contributed by atoms with Crippen molar-refractivity contribution in [3.8, 4) is 0 Å². The first-order valence-electron chi connectivity index (χ1n) is 3.91. The van der Waals surface area contributed by atoms with Crippen LogP contribution in [0.2, 0.25) is 0 Å². The van der Waals surface area contributed by atoms with Crippen molar-refractivity contribution in [2.24, 2.45) is 5.92 Å². The molecule has 0 unspecified atom stereocenters. The fourth-order valence-electron chi connectivity index (χ4n) is 1.30. The van der Waals surface area contributed by atoms with Gasteiger partial charge in [-0.3, -0.25) is 4.79 Å². The molecule has 2 nitrogen and oxygen atoms in total. The summed E-state index contributed by atoms with van der Waals surface area (Å²) in [5.41, 5.74) is 1.14.